The van der Waals surface area contributed by atoms with Crippen molar-refractivity contribution >= 4 is 12.7 Å². The molecule has 0 aliphatic carbocycles. The summed E-state index contributed by atoms with van der Waals surface area (Å²) < 4.78 is 17.7. The molecule has 1 amide bonds. The summed E-state index contributed by atoms with van der Waals surface area (Å²) in [4.78, 5) is 25.4. The highest BCUT2D eigenvalue weighted by atomic mass is 16.6. The van der Waals surface area contributed by atoms with Crippen LogP contribution in [0.2, 0.25) is 0 Å². The maximum Gasteiger partial charge on any atom is 0.207 e. The summed E-state index contributed by atoms with van der Waals surface area (Å²) in [5, 5.41) is 6.04. The van der Waals surface area contributed by atoms with Gasteiger partial charge in [-0.3, -0.25) is 4.79 Å². The number of likely N-dealkylation sites (tertiary alicyclic amines) is 2. The molecule has 9 nitrogen and oxygen atoms in total. The first-order valence-electron chi connectivity index (χ1n) is 17.3. The van der Waals surface area contributed by atoms with Crippen molar-refractivity contribution in [3.05, 3.63) is 23.8 Å². The van der Waals surface area contributed by atoms with Crippen LogP contribution in [0.25, 0.3) is 0 Å². The van der Waals surface area contributed by atoms with E-state index >= 15 is 0 Å². The average molecular weight is 619 g/mol. The molecule has 3 aliphatic heterocycles. The number of amides is 1. The maximum absolute atomic E-state index is 10.6. The third-order valence-corrected chi connectivity index (χ3v) is 8.47. The molecule has 252 valence electrons. The molecule has 1 aromatic rings. The van der Waals surface area contributed by atoms with Crippen LogP contribution >= 0.6 is 0 Å². The Kier molecular flexibility index (Phi) is 21.6. The second-order valence-corrected chi connectivity index (χ2v) is 12.1. The Morgan fingerprint density at radius 3 is 2.25 bits per heavy atom. The van der Waals surface area contributed by atoms with Gasteiger partial charge in [-0.25, -0.2) is 0 Å². The van der Waals surface area contributed by atoms with E-state index in [1.54, 1.807) is 0 Å². The van der Waals surface area contributed by atoms with E-state index in [9.17, 15) is 9.59 Å². The third kappa shape index (κ3) is 16.2. The molecular weight excluding hydrogens is 556 g/mol. The molecule has 0 radical (unpaired) electrons. The third-order valence-electron chi connectivity index (χ3n) is 8.47. The maximum atomic E-state index is 10.6. The zero-order valence-electron chi connectivity index (χ0n) is 28.0. The normalized spacial score (nSPS) is 17.8. The van der Waals surface area contributed by atoms with Gasteiger partial charge in [0.2, 0.25) is 6.41 Å². The first-order valence-corrected chi connectivity index (χ1v) is 17.3. The van der Waals surface area contributed by atoms with E-state index in [-0.39, 0.29) is 6.10 Å². The molecule has 9 heteroatoms. The Bertz CT molecular complexity index is 862. The van der Waals surface area contributed by atoms with E-state index in [0.717, 1.165) is 75.1 Å². The summed E-state index contributed by atoms with van der Waals surface area (Å²) in [7, 11) is 4.11. The number of hydrogen-bond acceptors (Lipinski definition) is 8. The highest BCUT2D eigenvalue weighted by Crippen LogP contribution is 2.33. The summed E-state index contributed by atoms with van der Waals surface area (Å²) in [6, 6.07) is 6.51. The summed E-state index contributed by atoms with van der Waals surface area (Å²) in [6.45, 7) is 10.4. The van der Waals surface area contributed by atoms with E-state index in [1.165, 1.54) is 70.9 Å². The van der Waals surface area contributed by atoms with Crippen molar-refractivity contribution in [2.45, 2.75) is 103 Å². The fraction of sp³-hybridized carbons (Fsp3) is 0.771. The van der Waals surface area contributed by atoms with E-state index in [1.807, 2.05) is 19.2 Å². The van der Waals surface area contributed by atoms with Gasteiger partial charge in [-0.15, -0.1) is 0 Å². The van der Waals surface area contributed by atoms with E-state index in [4.69, 9.17) is 14.2 Å². The van der Waals surface area contributed by atoms with Gasteiger partial charge in [-0.1, -0.05) is 45.1 Å². The summed E-state index contributed by atoms with van der Waals surface area (Å²) in [5.74, 6) is 1.60. The monoisotopic (exact) mass is 618 g/mol. The van der Waals surface area contributed by atoms with E-state index in [0.29, 0.717) is 32.4 Å². The standard InChI is InChI=1S/C22H35N3O4.C8H16O.C5H11N/c1-23-16-22(18-5-6-20-21(15-18)29-14-13-28-20)27-12-8-19(7-9-24-17-26)25-10-3-2-4-11-25;1-2-3-4-5-6-7-8-9;1-6-4-2-3-5-6/h5-6,15,17,19,22-23H,2-4,7-14,16H2,1H3,(H,24,26);8H,2-7H2,1H3;2-5H2,1H3. The molecule has 2 unspecified atom stereocenters. The molecule has 44 heavy (non-hydrogen) atoms. The number of ether oxygens (including phenoxy) is 3. The summed E-state index contributed by atoms with van der Waals surface area (Å²) in [6.07, 6.45) is 17.3. The molecule has 0 bridgehead atoms. The van der Waals surface area contributed by atoms with Gasteiger partial charge in [0, 0.05) is 32.2 Å². The number of piperidine rings is 1. The van der Waals surface area contributed by atoms with Gasteiger partial charge in [0.25, 0.3) is 0 Å². The van der Waals surface area contributed by atoms with Crippen molar-refractivity contribution in [3.63, 3.8) is 0 Å². The SMILES string of the molecule is CCCCCCCC=O.CN1CCCC1.CNCC(OCCC(CCNC=O)N1CCCCC1)c1ccc2c(c1)OCCO2. The largest absolute Gasteiger partial charge is 0.486 e. The number of benzene rings is 1. The van der Waals surface area contributed by atoms with E-state index < -0.39 is 0 Å². The number of unbranched alkanes of at least 4 members (excludes halogenated alkanes) is 5. The lowest BCUT2D eigenvalue weighted by Crippen LogP contribution is -2.41. The molecule has 1 aromatic carbocycles. The number of nitrogens with one attached hydrogen (secondary N) is 2. The van der Waals surface area contributed by atoms with Crippen LogP contribution in [0.1, 0.15) is 102 Å². The topological polar surface area (TPSA) is 92.4 Å². The zero-order valence-corrected chi connectivity index (χ0v) is 28.0. The molecule has 3 heterocycles. The van der Waals surface area contributed by atoms with Crippen molar-refractivity contribution in [1.82, 2.24) is 20.4 Å². The second kappa shape index (κ2) is 25.0. The number of likely N-dealkylation sites (N-methyl/N-ethyl adjacent to an activating group) is 1. The van der Waals surface area contributed by atoms with E-state index in [2.05, 4.69) is 40.5 Å². The van der Waals surface area contributed by atoms with Crippen LogP contribution in [0.4, 0.5) is 0 Å². The molecule has 0 spiro atoms. The lowest BCUT2D eigenvalue weighted by molar-refractivity contribution is -0.109. The molecule has 2 N–H and O–H groups in total. The molecule has 2 atom stereocenters. The van der Waals surface area contributed by atoms with Gasteiger partial charge in [-0.2, -0.15) is 0 Å². The van der Waals surface area contributed by atoms with Gasteiger partial charge < -0.3 is 39.4 Å². The molecule has 2 saturated heterocycles. The Morgan fingerprint density at radius 2 is 1.61 bits per heavy atom. The minimum Gasteiger partial charge on any atom is -0.486 e. The highest BCUT2D eigenvalue weighted by Gasteiger charge is 2.22. The molecule has 4 rings (SSSR count). The Hall–Kier alpha value is -2.20. The van der Waals surface area contributed by atoms with Crippen LogP contribution in [0.3, 0.4) is 0 Å². The molecular formula is C35H62N4O5. The summed E-state index contributed by atoms with van der Waals surface area (Å²) in [5.41, 5.74) is 1.10. The van der Waals surface area contributed by atoms with Gasteiger partial charge >= 0.3 is 0 Å². The number of rotatable bonds is 18. The van der Waals surface area contributed by atoms with Crippen molar-refractivity contribution in [1.29, 1.82) is 0 Å². The zero-order chi connectivity index (χ0) is 31.7. The van der Waals surface area contributed by atoms with Gasteiger partial charge in [0.1, 0.15) is 19.5 Å². The second-order valence-electron chi connectivity index (χ2n) is 12.1. The number of carbonyl (C=O) groups excluding carboxylic acids is 2. The Morgan fingerprint density at radius 1 is 0.909 bits per heavy atom. The van der Waals surface area contributed by atoms with Crippen LogP contribution in [-0.4, -0.2) is 102 Å². The van der Waals surface area contributed by atoms with Crippen molar-refractivity contribution in [2.75, 3.05) is 73.2 Å². The van der Waals surface area contributed by atoms with Crippen LogP contribution in [0.5, 0.6) is 11.5 Å². The first kappa shape index (κ1) is 38.0. The van der Waals surface area contributed by atoms with Crippen LogP contribution in [0.15, 0.2) is 18.2 Å². The smallest absolute Gasteiger partial charge is 0.207 e. The molecule has 0 saturated carbocycles. The fourth-order valence-electron chi connectivity index (χ4n) is 5.87. The van der Waals surface area contributed by atoms with Gasteiger partial charge in [0.15, 0.2) is 11.5 Å². The number of aldehydes is 1. The van der Waals surface area contributed by atoms with Crippen molar-refractivity contribution < 1.29 is 23.8 Å². The lowest BCUT2D eigenvalue weighted by atomic mass is 10.0. The number of nitrogens with zero attached hydrogens (tertiary/aromatic N) is 2. The fourth-order valence-corrected chi connectivity index (χ4v) is 5.87. The predicted octanol–water partition coefficient (Wildman–Crippen LogP) is 5.37. The molecule has 2 fully saturated rings. The van der Waals surface area contributed by atoms with Crippen molar-refractivity contribution in [2.24, 2.45) is 0 Å². The number of fused-ring (bicyclic) bond motifs is 1. The van der Waals surface area contributed by atoms with Gasteiger partial charge in [-0.05, 0) is 103 Å². The number of carbonyl (C=O) groups is 2. The Balaban J connectivity index is 0.000000368. The van der Waals surface area contributed by atoms with Crippen LogP contribution in [0, 0.1) is 0 Å². The van der Waals surface area contributed by atoms with Crippen LogP contribution in [-0.2, 0) is 14.3 Å². The quantitative estimate of drug-likeness (QED) is 0.168. The van der Waals surface area contributed by atoms with Crippen molar-refractivity contribution in [3.8, 4) is 11.5 Å². The molecule has 3 aliphatic rings. The molecule has 0 aromatic heterocycles. The van der Waals surface area contributed by atoms with Crippen LogP contribution < -0.4 is 20.1 Å². The predicted molar refractivity (Wildman–Crippen MR) is 179 cm³/mol. The lowest BCUT2D eigenvalue weighted by Gasteiger charge is -2.35. The Labute approximate surface area is 267 Å². The first-order chi connectivity index (χ1) is 21.6. The minimum absolute atomic E-state index is 0.0362. The minimum atomic E-state index is -0.0362. The number of hydrogen-bond donors (Lipinski definition) is 2. The highest BCUT2D eigenvalue weighted by molar-refractivity contribution is 5.49. The average Bonchev–Trinajstić information content (AvgIpc) is 3.55. The van der Waals surface area contributed by atoms with Gasteiger partial charge in [0.05, 0.1) is 6.10 Å². The summed E-state index contributed by atoms with van der Waals surface area (Å²) >= 11 is 0.